The Morgan fingerprint density at radius 3 is 2.27 bits per heavy atom. The summed E-state index contributed by atoms with van der Waals surface area (Å²) in [4.78, 5) is 12.9. The molecule has 0 aliphatic heterocycles. The van der Waals surface area contributed by atoms with Gasteiger partial charge in [-0.1, -0.05) is 53.7 Å². The van der Waals surface area contributed by atoms with Crippen molar-refractivity contribution in [1.29, 1.82) is 0 Å². The molecule has 1 heterocycles. The molecule has 2 N–H and O–H groups in total. The molecule has 0 radical (unpaired) electrons. The summed E-state index contributed by atoms with van der Waals surface area (Å²) in [5.74, 6) is 0.553. The largest absolute Gasteiger partial charge is 0.491 e. The summed E-state index contributed by atoms with van der Waals surface area (Å²) in [6, 6.07) is 8.36. The number of hydrogen-bond donors (Lipinski definition) is 2. The van der Waals surface area contributed by atoms with Gasteiger partial charge in [-0.25, -0.2) is 4.21 Å². The predicted molar refractivity (Wildman–Crippen MR) is 137 cm³/mol. The molecule has 0 bridgehead atoms. The molecule has 2 aromatic rings. The Kier molecular flexibility index (Phi) is 9.31. The van der Waals surface area contributed by atoms with Gasteiger partial charge >= 0.3 is 0 Å². The molecular weight excluding hydrogens is 454 g/mol. The maximum atomic E-state index is 12.7. The maximum absolute atomic E-state index is 12.7. The van der Waals surface area contributed by atoms with Crippen LogP contribution in [0.5, 0.6) is 5.75 Å². The van der Waals surface area contributed by atoms with Gasteiger partial charge in [0.1, 0.15) is 16.6 Å². The fraction of sp³-hybridized carbons (Fsp3) is 0.577. The summed E-state index contributed by atoms with van der Waals surface area (Å²) in [5.41, 5.74) is 2.68. The highest BCUT2D eigenvalue weighted by atomic mass is 32.2. The van der Waals surface area contributed by atoms with Crippen molar-refractivity contribution in [3.63, 3.8) is 0 Å². The fourth-order valence-electron chi connectivity index (χ4n) is 3.78. The molecule has 2 unspecified atom stereocenters. The molecule has 0 aliphatic rings. The number of carbonyl (C=O) groups is 1. The molecule has 0 saturated carbocycles. The molecule has 5 nitrogen and oxygen atoms in total. The van der Waals surface area contributed by atoms with Crippen LogP contribution in [-0.2, 0) is 21.2 Å². The Labute approximate surface area is 205 Å². The lowest BCUT2D eigenvalue weighted by atomic mass is 9.74. The lowest BCUT2D eigenvalue weighted by Gasteiger charge is -2.32. The third-order valence-electron chi connectivity index (χ3n) is 6.37. The second-order valence-corrected chi connectivity index (χ2v) is 12.2. The van der Waals surface area contributed by atoms with Gasteiger partial charge in [0.25, 0.3) is 0 Å². The first-order valence-corrected chi connectivity index (χ1v) is 13.6. The van der Waals surface area contributed by atoms with Crippen LogP contribution in [0, 0.1) is 19.3 Å². The van der Waals surface area contributed by atoms with Gasteiger partial charge in [-0.05, 0) is 60.9 Å². The van der Waals surface area contributed by atoms with Crippen molar-refractivity contribution in [1.82, 2.24) is 4.72 Å². The topological polar surface area (TPSA) is 75.6 Å². The van der Waals surface area contributed by atoms with E-state index in [9.17, 15) is 14.1 Å². The molecule has 2 atom stereocenters. The zero-order chi connectivity index (χ0) is 25.0. The van der Waals surface area contributed by atoms with E-state index in [-0.39, 0.29) is 23.3 Å². The predicted octanol–water partition coefficient (Wildman–Crippen LogP) is 5.81. The van der Waals surface area contributed by atoms with E-state index in [1.54, 1.807) is 6.92 Å². The highest BCUT2D eigenvalue weighted by Crippen LogP contribution is 2.44. The number of ether oxygens (including phenoxy) is 1. The molecule has 0 spiro atoms. The molecule has 2 rings (SSSR count). The van der Waals surface area contributed by atoms with Crippen LogP contribution >= 0.6 is 11.3 Å². The van der Waals surface area contributed by atoms with Crippen LogP contribution in [0.25, 0.3) is 0 Å². The normalized spacial score (nSPS) is 14.1. The summed E-state index contributed by atoms with van der Waals surface area (Å²) < 4.78 is 22.0. The number of aryl methyl sites for hydroxylation is 2. The van der Waals surface area contributed by atoms with E-state index in [0.717, 1.165) is 34.6 Å². The molecule has 0 fully saturated rings. The molecule has 33 heavy (non-hydrogen) atoms. The van der Waals surface area contributed by atoms with E-state index in [1.807, 2.05) is 40.7 Å². The van der Waals surface area contributed by atoms with Crippen molar-refractivity contribution in [2.75, 3.05) is 6.61 Å². The zero-order valence-corrected chi connectivity index (χ0v) is 22.8. The second kappa shape index (κ2) is 11.2. The summed E-state index contributed by atoms with van der Waals surface area (Å²) >= 11 is 1.52. The van der Waals surface area contributed by atoms with E-state index in [4.69, 9.17) is 4.74 Å². The molecule has 1 aromatic heterocycles. The second-order valence-electron chi connectivity index (χ2n) is 9.69. The number of aliphatic hydroxyl groups excluding tert-OH is 1. The average molecular weight is 494 g/mol. The highest BCUT2D eigenvalue weighted by Gasteiger charge is 2.34. The minimum absolute atomic E-state index is 0.220. The van der Waals surface area contributed by atoms with Gasteiger partial charge in [0.15, 0.2) is 11.0 Å². The van der Waals surface area contributed by atoms with E-state index in [2.05, 4.69) is 36.8 Å². The first kappa shape index (κ1) is 27.5. The van der Waals surface area contributed by atoms with Crippen molar-refractivity contribution in [3.05, 3.63) is 45.8 Å². The molecule has 184 valence electrons. The van der Waals surface area contributed by atoms with Gasteiger partial charge in [-0.3, -0.25) is 9.52 Å². The van der Waals surface area contributed by atoms with Crippen molar-refractivity contribution in [2.45, 2.75) is 90.4 Å². The van der Waals surface area contributed by atoms with Gasteiger partial charge in [0.2, 0.25) is 5.91 Å². The van der Waals surface area contributed by atoms with Crippen LogP contribution in [-0.4, -0.2) is 27.9 Å². The lowest BCUT2D eigenvalue weighted by molar-refractivity contribution is -0.118. The standard InChI is InChI=1S/C26H39NO4S2/c1-9-23(29)27-33(30)24-18(5)15-22(32-24)26(10-2,11-3)19-12-13-20(17(4)14-19)31-16-21(28)25(6,7)8/h12-15,21,28H,9-11,16H2,1-8H3,(H,27,29). The van der Waals surface area contributed by atoms with Crippen LogP contribution in [0.4, 0.5) is 0 Å². The fourth-order valence-corrected chi connectivity index (χ4v) is 6.53. The Balaban J connectivity index is 2.38. The lowest BCUT2D eigenvalue weighted by Crippen LogP contribution is -2.32. The molecule has 0 saturated heterocycles. The molecule has 1 aromatic carbocycles. The van der Waals surface area contributed by atoms with Crippen LogP contribution in [0.15, 0.2) is 28.5 Å². The number of aliphatic hydroxyl groups is 1. The van der Waals surface area contributed by atoms with Gasteiger partial charge in [-0.2, -0.15) is 0 Å². The third-order valence-corrected chi connectivity index (χ3v) is 9.38. The van der Waals surface area contributed by atoms with E-state index >= 15 is 0 Å². The zero-order valence-electron chi connectivity index (χ0n) is 21.2. The number of carbonyl (C=O) groups excluding carboxylic acids is 1. The Hall–Kier alpha value is -1.70. The summed E-state index contributed by atoms with van der Waals surface area (Å²) in [6.07, 6.45) is 1.53. The monoisotopic (exact) mass is 493 g/mol. The highest BCUT2D eigenvalue weighted by molar-refractivity contribution is 7.86. The first-order valence-electron chi connectivity index (χ1n) is 11.6. The molecular formula is C26H39NO4S2. The summed E-state index contributed by atoms with van der Waals surface area (Å²) in [7, 11) is -1.55. The molecule has 0 aliphatic carbocycles. The van der Waals surface area contributed by atoms with E-state index < -0.39 is 17.1 Å². The quantitative estimate of drug-likeness (QED) is 0.438. The Bertz CT molecular complexity index is 987. The van der Waals surface area contributed by atoms with Crippen molar-refractivity contribution >= 4 is 28.2 Å². The molecule has 7 heteroatoms. The number of hydrogen-bond acceptors (Lipinski definition) is 5. The van der Waals surface area contributed by atoms with Crippen LogP contribution in [0.1, 0.15) is 82.4 Å². The summed E-state index contributed by atoms with van der Waals surface area (Å²) in [5, 5.41) is 10.3. The van der Waals surface area contributed by atoms with Gasteiger partial charge in [0.05, 0.1) is 6.10 Å². The van der Waals surface area contributed by atoms with Crippen molar-refractivity contribution in [2.24, 2.45) is 5.41 Å². The average Bonchev–Trinajstić information content (AvgIpc) is 3.15. The van der Waals surface area contributed by atoms with Crippen LogP contribution < -0.4 is 9.46 Å². The van der Waals surface area contributed by atoms with Crippen LogP contribution in [0.2, 0.25) is 0 Å². The molecule has 1 amide bonds. The Morgan fingerprint density at radius 1 is 1.12 bits per heavy atom. The number of thiophene rings is 1. The maximum Gasteiger partial charge on any atom is 0.231 e. The number of nitrogens with one attached hydrogen (secondary N) is 1. The van der Waals surface area contributed by atoms with Crippen LogP contribution in [0.3, 0.4) is 0 Å². The van der Waals surface area contributed by atoms with Crippen molar-refractivity contribution in [3.8, 4) is 5.75 Å². The smallest absolute Gasteiger partial charge is 0.231 e. The Morgan fingerprint density at radius 2 is 1.76 bits per heavy atom. The first-order chi connectivity index (χ1) is 15.4. The van der Waals surface area contributed by atoms with Gasteiger partial charge in [-0.15, -0.1) is 11.3 Å². The number of amides is 1. The summed E-state index contributed by atoms with van der Waals surface area (Å²) in [6.45, 7) is 16.3. The minimum atomic E-state index is -1.55. The van der Waals surface area contributed by atoms with E-state index in [0.29, 0.717) is 10.6 Å². The number of benzene rings is 1. The SMILES string of the molecule is CCC(=O)NS(=O)c1sc(C(CC)(CC)c2ccc(OCC(O)C(C)(C)C)c(C)c2)cc1C. The third kappa shape index (κ3) is 6.25. The van der Waals surface area contributed by atoms with Gasteiger partial charge in [0, 0.05) is 16.7 Å². The van der Waals surface area contributed by atoms with Crippen molar-refractivity contribution < 1.29 is 18.8 Å². The van der Waals surface area contributed by atoms with E-state index in [1.165, 1.54) is 16.9 Å². The van der Waals surface area contributed by atoms with Gasteiger partial charge < -0.3 is 9.84 Å². The minimum Gasteiger partial charge on any atom is -0.491 e. The number of rotatable bonds is 10.